The molecule has 0 radical (unpaired) electrons. The molecule has 5 saturated heterocycles. The highest BCUT2D eigenvalue weighted by molar-refractivity contribution is 5.16. The third kappa shape index (κ3) is 7.55. The number of aliphatic hydroxyl groups excluding tert-OH is 10. The average molecular weight is 889 g/mol. The van der Waals surface area contributed by atoms with Crippen molar-refractivity contribution in [3.8, 4) is 0 Å². The second-order valence-electron chi connectivity index (χ2n) is 21.2. The molecule has 10 N–H and O–H groups in total. The van der Waals surface area contributed by atoms with Gasteiger partial charge < -0.3 is 89.0 Å². The van der Waals surface area contributed by atoms with Gasteiger partial charge in [-0.1, -0.05) is 27.7 Å². The first-order valence-electron chi connectivity index (χ1n) is 23.3. The first-order valence-corrected chi connectivity index (χ1v) is 23.3. The first kappa shape index (κ1) is 46.4. The fourth-order valence-electron chi connectivity index (χ4n) is 14.4. The summed E-state index contributed by atoms with van der Waals surface area (Å²) in [6, 6.07) is 0. The van der Waals surface area contributed by atoms with Crippen molar-refractivity contribution in [3.63, 3.8) is 0 Å². The van der Waals surface area contributed by atoms with E-state index in [0.717, 1.165) is 38.5 Å². The van der Waals surface area contributed by atoms with Gasteiger partial charge in [-0.05, 0) is 97.7 Å². The van der Waals surface area contributed by atoms with Gasteiger partial charge in [-0.3, -0.25) is 0 Å². The molecule has 9 fully saturated rings. The highest BCUT2D eigenvalue weighted by Gasteiger charge is 2.70. The van der Waals surface area contributed by atoms with Gasteiger partial charge in [0.05, 0.1) is 44.7 Å². The number of rotatable bonds is 8. The van der Waals surface area contributed by atoms with Crippen LogP contribution in [0, 0.1) is 52.3 Å². The van der Waals surface area contributed by atoms with Gasteiger partial charge in [0.25, 0.3) is 0 Å². The van der Waals surface area contributed by atoms with Crippen molar-refractivity contribution in [1.29, 1.82) is 0 Å². The zero-order valence-electron chi connectivity index (χ0n) is 36.3. The van der Waals surface area contributed by atoms with Gasteiger partial charge in [0.15, 0.2) is 24.7 Å². The monoisotopic (exact) mass is 888 g/mol. The van der Waals surface area contributed by atoms with E-state index in [2.05, 4.69) is 27.7 Å². The summed E-state index contributed by atoms with van der Waals surface area (Å²) >= 11 is 0. The predicted octanol–water partition coefficient (Wildman–Crippen LogP) is -1.12. The van der Waals surface area contributed by atoms with Gasteiger partial charge in [0.2, 0.25) is 0 Å². The summed E-state index contributed by atoms with van der Waals surface area (Å²) in [6.45, 7) is 8.13. The minimum absolute atomic E-state index is 0.0246. The Labute approximate surface area is 362 Å². The Bertz CT molecular complexity index is 1550. The van der Waals surface area contributed by atoms with E-state index in [1.54, 1.807) is 0 Å². The number of hydrogen-bond donors (Lipinski definition) is 10. The SMILES string of the molecule is CC1CCC2(OC1)OC1CC3C4CC(OC5OC(CO)C(O)C(OC6OCC(O)C(O)C6O)C5OC5OC(CO)C(O)C(O)C5O)C5CC(O)CCC5(C)C4CCC3(C)C1C2C. The smallest absolute Gasteiger partial charge is 0.187 e. The van der Waals surface area contributed by atoms with Crippen molar-refractivity contribution in [2.24, 2.45) is 52.3 Å². The van der Waals surface area contributed by atoms with E-state index in [9.17, 15) is 51.1 Å². The molecule has 0 bridgehead atoms. The zero-order chi connectivity index (χ0) is 44.2. The summed E-state index contributed by atoms with van der Waals surface area (Å²) in [5.74, 6) is 1.19. The third-order valence-electron chi connectivity index (χ3n) is 17.9. The molecule has 0 aromatic rings. The van der Waals surface area contributed by atoms with Crippen LogP contribution in [0.1, 0.15) is 85.5 Å². The fourth-order valence-corrected chi connectivity index (χ4v) is 14.4. The number of fused-ring (bicyclic) bond motifs is 7. The molecule has 1 spiro atoms. The lowest BCUT2D eigenvalue weighted by Crippen LogP contribution is -2.67. The van der Waals surface area contributed by atoms with Crippen LogP contribution in [-0.2, 0) is 37.9 Å². The van der Waals surface area contributed by atoms with Crippen LogP contribution in [0.5, 0.6) is 0 Å². The molecular weight excluding hydrogens is 816 g/mol. The number of aliphatic hydroxyl groups is 10. The van der Waals surface area contributed by atoms with Gasteiger partial charge in [0, 0.05) is 12.3 Å². The molecule has 5 aliphatic heterocycles. The normalized spacial score (nSPS) is 58.9. The van der Waals surface area contributed by atoms with Crippen LogP contribution in [0.25, 0.3) is 0 Å². The van der Waals surface area contributed by atoms with Crippen molar-refractivity contribution >= 4 is 0 Å². The van der Waals surface area contributed by atoms with Crippen LogP contribution >= 0.6 is 0 Å². The topological polar surface area (TPSA) is 276 Å². The average Bonchev–Trinajstić information content (AvgIpc) is 3.70. The fraction of sp³-hybridized carbons (Fsp3) is 1.00. The van der Waals surface area contributed by atoms with Crippen molar-refractivity contribution in [2.45, 2.75) is 196 Å². The lowest BCUT2D eigenvalue weighted by molar-refractivity contribution is -0.395. The largest absolute Gasteiger partial charge is 0.394 e. The molecule has 62 heavy (non-hydrogen) atoms. The standard InChI is InChI=1S/C44H72O18/c1-18-5-10-44(56-16-18)19(2)30-27(62-44)13-23-21-12-26(24-11-20(47)6-8-42(24,3)22(21)7-9-43(23,30)4)57-41-38(61-40-36(54)34(52)32(50)28(14-45)58-40)37(33(51)29(15-46)59-41)60-39-35(53)31(49)25(48)17-55-39/h18-41,45-54H,5-17H2,1-4H3. The van der Waals surface area contributed by atoms with Crippen LogP contribution in [0.3, 0.4) is 0 Å². The Morgan fingerprint density at radius 1 is 0.597 bits per heavy atom. The molecule has 27 atom stereocenters. The molecule has 0 aromatic carbocycles. The molecule has 27 unspecified atom stereocenters. The number of ether oxygens (including phenoxy) is 8. The second kappa shape index (κ2) is 17.4. The van der Waals surface area contributed by atoms with E-state index in [0.29, 0.717) is 49.5 Å². The summed E-state index contributed by atoms with van der Waals surface area (Å²) in [6.07, 6.45) is -16.2. The molecule has 356 valence electrons. The Kier molecular flexibility index (Phi) is 13.0. The van der Waals surface area contributed by atoms with Crippen LogP contribution in [0.2, 0.25) is 0 Å². The van der Waals surface area contributed by atoms with Crippen molar-refractivity contribution in [3.05, 3.63) is 0 Å². The summed E-state index contributed by atoms with van der Waals surface area (Å²) < 4.78 is 50.9. The van der Waals surface area contributed by atoms with E-state index in [4.69, 9.17) is 37.9 Å². The van der Waals surface area contributed by atoms with E-state index in [1.807, 2.05) is 0 Å². The molecule has 9 rings (SSSR count). The molecule has 4 saturated carbocycles. The predicted molar refractivity (Wildman–Crippen MR) is 211 cm³/mol. The van der Waals surface area contributed by atoms with Gasteiger partial charge in [-0.25, -0.2) is 0 Å². The van der Waals surface area contributed by atoms with E-state index >= 15 is 0 Å². The van der Waals surface area contributed by atoms with Crippen molar-refractivity contribution < 1.29 is 89.0 Å². The Morgan fingerprint density at radius 3 is 1.98 bits per heavy atom. The zero-order valence-corrected chi connectivity index (χ0v) is 36.3. The quantitative estimate of drug-likeness (QED) is 0.129. The summed E-state index contributed by atoms with van der Waals surface area (Å²) in [4.78, 5) is 0. The Morgan fingerprint density at radius 2 is 1.27 bits per heavy atom. The summed E-state index contributed by atoms with van der Waals surface area (Å²) in [7, 11) is 0. The van der Waals surface area contributed by atoms with Crippen molar-refractivity contribution in [1.82, 2.24) is 0 Å². The van der Waals surface area contributed by atoms with E-state index < -0.39 is 124 Å². The maximum absolute atomic E-state index is 11.7. The van der Waals surface area contributed by atoms with Gasteiger partial charge in [-0.2, -0.15) is 0 Å². The molecule has 18 heteroatoms. The molecule has 0 amide bonds. The highest BCUT2D eigenvalue weighted by atomic mass is 16.8. The molecule has 9 aliphatic rings. The van der Waals surface area contributed by atoms with Gasteiger partial charge in [-0.15, -0.1) is 0 Å². The second-order valence-corrected chi connectivity index (χ2v) is 21.2. The van der Waals surface area contributed by atoms with Crippen LogP contribution < -0.4 is 0 Å². The van der Waals surface area contributed by atoms with Gasteiger partial charge in [0.1, 0.15) is 67.1 Å². The van der Waals surface area contributed by atoms with E-state index in [-0.39, 0.29) is 34.7 Å². The summed E-state index contributed by atoms with van der Waals surface area (Å²) in [5.41, 5.74) is -0.267. The minimum Gasteiger partial charge on any atom is -0.394 e. The first-order chi connectivity index (χ1) is 29.4. The molecular formula is C44H72O18. The lowest BCUT2D eigenvalue weighted by atomic mass is 9.43. The highest BCUT2D eigenvalue weighted by Crippen LogP contribution is 2.71. The summed E-state index contributed by atoms with van der Waals surface area (Å²) in [5, 5.41) is 108. The Hall–Kier alpha value is -0.720. The molecule has 0 aromatic heterocycles. The van der Waals surface area contributed by atoms with Crippen molar-refractivity contribution in [2.75, 3.05) is 26.4 Å². The van der Waals surface area contributed by atoms with Gasteiger partial charge >= 0.3 is 0 Å². The third-order valence-corrected chi connectivity index (χ3v) is 17.9. The lowest BCUT2D eigenvalue weighted by Gasteiger charge is -2.63. The molecule has 4 aliphatic carbocycles. The van der Waals surface area contributed by atoms with Crippen LogP contribution in [-0.4, -0.2) is 188 Å². The maximum Gasteiger partial charge on any atom is 0.187 e. The molecule has 5 heterocycles. The molecule has 18 nitrogen and oxygen atoms in total. The minimum atomic E-state index is -1.87. The van der Waals surface area contributed by atoms with Crippen LogP contribution in [0.15, 0.2) is 0 Å². The Balaban J connectivity index is 1.04. The van der Waals surface area contributed by atoms with E-state index in [1.165, 1.54) is 0 Å². The number of hydrogen-bond acceptors (Lipinski definition) is 18. The van der Waals surface area contributed by atoms with Crippen LogP contribution in [0.4, 0.5) is 0 Å². The maximum atomic E-state index is 11.7.